The SMILES string of the molecule is CCOc1ccccc1NC(=O)[C@@H](NNC(=O)c1cccn1C)c1ccccc1. The highest BCUT2D eigenvalue weighted by molar-refractivity contribution is 5.97. The van der Waals surface area contributed by atoms with Crippen molar-refractivity contribution in [2.24, 2.45) is 7.05 Å². The maximum atomic E-state index is 13.0. The molecule has 0 spiro atoms. The normalized spacial score (nSPS) is 11.5. The van der Waals surface area contributed by atoms with Crippen molar-refractivity contribution >= 4 is 17.5 Å². The molecule has 2 amide bonds. The predicted octanol–water partition coefficient (Wildman–Crippen LogP) is 3.04. The minimum Gasteiger partial charge on any atom is -0.492 e. The van der Waals surface area contributed by atoms with E-state index in [4.69, 9.17) is 4.74 Å². The van der Waals surface area contributed by atoms with Crippen molar-refractivity contribution in [2.75, 3.05) is 11.9 Å². The summed E-state index contributed by atoms with van der Waals surface area (Å²) < 4.78 is 7.28. The van der Waals surface area contributed by atoms with Crippen LogP contribution in [0.15, 0.2) is 72.9 Å². The fraction of sp³-hybridized carbons (Fsp3) is 0.182. The van der Waals surface area contributed by atoms with Gasteiger partial charge in [-0.2, -0.15) is 0 Å². The molecule has 0 aliphatic heterocycles. The van der Waals surface area contributed by atoms with E-state index in [1.165, 1.54) is 0 Å². The molecular weight excluding hydrogens is 368 g/mol. The van der Waals surface area contributed by atoms with E-state index in [9.17, 15) is 9.59 Å². The lowest BCUT2D eigenvalue weighted by Crippen LogP contribution is -2.45. The van der Waals surface area contributed by atoms with Gasteiger partial charge in [-0.1, -0.05) is 42.5 Å². The zero-order chi connectivity index (χ0) is 20.6. The Morgan fingerprint density at radius 3 is 2.41 bits per heavy atom. The molecule has 150 valence electrons. The van der Waals surface area contributed by atoms with Crippen LogP contribution in [0.5, 0.6) is 5.75 Å². The van der Waals surface area contributed by atoms with Gasteiger partial charge in [0.1, 0.15) is 17.5 Å². The maximum absolute atomic E-state index is 13.0. The first-order valence-corrected chi connectivity index (χ1v) is 9.35. The summed E-state index contributed by atoms with van der Waals surface area (Å²) in [7, 11) is 1.78. The molecule has 0 saturated carbocycles. The van der Waals surface area contributed by atoms with E-state index in [1.807, 2.05) is 49.4 Å². The molecule has 0 radical (unpaired) electrons. The molecule has 0 aliphatic rings. The number of carbonyl (C=O) groups excluding carboxylic acids is 2. The number of amides is 2. The van der Waals surface area contributed by atoms with Crippen LogP contribution in [0.2, 0.25) is 0 Å². The Balaban J connectivity index is 1.78. The van der Waals surface area contributed by atoms with Crippen molar-refractivity contribution in [3.63, 3.8) is 0 Å². The molecule has 3 rings (SSSR count). The number of hydrogen-bond acceptors (Lipinski definition) is 4. The van der Waals surface area contributed by atoms with Gasteiger partial charge >= 0.3 is 0 Å². The standard InChI is InChI=1S/C22H24N4O3/c1-3-29-19-14-8-7-12-17(19)23-22(28)20(16-10-5-4-6-11-16)24-25-21(27)18-13-9-15-26(18)2/h4-15,20,24H,3H2,1-2H3,(H,23,28)(H,25,27)/t20-/m0/s1. The van der Waals surface area contributed by atoms with Gasteiger partial charge in [0.2, 0.25) is 5.91 Å². The highest BCUT2D eigenvalue weighted by atomic mass is 16.5. The van der Waals surface area contributed by atoms with Crippen LogP contribution in [0.1, 0.15) is 29.0 Å². The molecule has 7 heteroatoms. The van der Waals surface area contributed by atoms with E-state index >= 15 is 0 Å². The number of carbonyl (C=O) groups is 2. The van der Waals surface area contributed by atoms with Gasteiger partial charge in [0, 0.05) is 13.2 Å². The molecule has 3 aromatic rings. The number of anilines is 1. The first-order chi connectivity index (χ1) is 14.1. The lowest BCUT2D eigenvalue weighted by Gasteiger charge is -2.20. The molecule has 1 atom stereocenters. The van der Waals surface area contributed by atoms with Gasteiger partial charge in [-0.05, 0) is 36.8 Å². The smallest absolute Gasteiger partial charge is 0.282 e. The fourth-order valence-electron chi connectivity index (χ4n) is 2.90. The van der Waals surface area contributed by atoms with E-state index in [1.54, 1.807) is 42.1 Å². The van der Waals surface area contributed by atoms with Crippen LogP contribution in [0.4, 0.5) is 5.69 Å². The average Bonchev–Trinajstić information content (AvgIpc) is 3.16. The van der Waals surface area contributed by atoms with Gasteiger partial charge in [0.05, 0.1) is 12.3 Å². The van der Waals surface area contributed by atoms with E-state index < -0.39 is 6.04 Å². The van der Waals surface area contributed by atoms with Gasteiger partial charge < -0.3 is 14.6 Å². The summed E-state index contributed by atoms with van der Waals surface area (Å²) >= 11 is 0. The highest BCUT2D eigenvalue weighted by Gasteiger charge is 2.22. The quantitative estimate of drug-likeness (QED) is 0.515. The van der Waals surface area contributed by atoms with Crippen LogP contribution >= 0.6 is 0 Å². The van der Waals surface area contributed by atoms with Gasteiger partial charge in [0.15, 0.2) is 0 Å². The number of hydrazine groups is 1. The first-order valence-electron chi connectivity index (χ1n) is 9.35. The maximum Gasteiger partial charge on any atom is 0.282 e. The molecule has 1 aromatic heterocycles. The highest BCUT2D eigenvalue weighted by Crippen LogP contribution is 2.25. The van der Waals surface area contributed by atoms with Crippen molar-refractivity contribution in [1.29, 1.82) is 0 Å². The minimum absolute atomic E-state index is 0.324. The Morgan fingerprint density at radius 2 is 1.72 bits per heavy atom. The van der Waals surface area contributed by atoms with Crippen LogP contribution < -0.4 is 20.9 Å². The predicted molar refractivity (Wildman–Crippen MR) is 111 cm³/mol. The van der Waals surface area contributed by atoms with E-state index in [2.05, 4.69) is 16.2 Å². The average molecular weight is 392 g/mol. The molecule has 7 nitrogen and oxygen atoms in total. The Morgan fingerprint density at radius 1 is 1.00 bits per heavy atom. The molecule has 0 bridgehead atoms. The van der Waals surface area contributed by atoms with Crippen LogP contribution in [0.25, 0.3) is 0 Å². The van der Waals surface area contributed by atoms with Crippen LogP contribution in [-0.4, -0.2) is 23.0 Å². The largest absolute Gasteiger partial charge is 0.492 e. The van der Waals surface area contributed by atoms with Gasteiger partial charge in [0.25, 0.3) is 5.91 Å². The summed E-state index contributed by atoms with van der Waals surface area (Å²) in [5.41, 5.74) is 7.24. The molecular formula is C22H24N4O3. The summed E-state index contributed by atoms with van der Waals surface area (Å²) in [6, 6.07) is 19.1. The van der Waals surface area contributed by atoms with Crippen LogP contribution in [-0.2, 0) is 11.8 Å². The number of aryl methyl sites for hydroxylation is 1. The Labute approximate surface area is 169 Å². The van der Waals surface area contributed by atoms with Crippen LogP contribution in [0.3, 0.4) is 0 Å². The van der Waals surface area contributed by atoms with E-state index in [0.717, 1.165) is 0 Å². The Bertz CT molecular complexity index is 969. The molecule has 0 aliphatic carbocycles. The number of nitrogens with zero attached hydrogens (tertiary/aromatic N) is 1. The number of para-hydroxylation sites is 2. The number of hydrogen-bond donors (Lipinski definition) is 3. The third-order valence-corrected chi connectivity index (χ3v) is 4.35. The fourth-order valence-corrected chi connectivity index (χ4v) is 2.90. The Hall–Kier alpha value is -3.58. The van der Waals surface area contributed by atoms with Gasteiger partial charge in [-0.3, -0.25) is 15.0 Å². The lowest BCUT2D eigenvalue weighted by atomic mass is 10.1. The topological polar surface area (TPSA) is 84.4 Å². The first kappa shape index (κ1) is 20.2. The molecule has 2 aromatic carbocycles. The second-order valence-electron chi connectivity index (χ2n) is 6.36. The summed E-state index contributed by atoms with van der Waals surface area (Å²) in [6.45, 7) is 2.37. The number of ether oxygens (including phenoxy) is 1. The summed E-state index contributed by atoms with van der Waals surface area (Å²) in [5, 5.41) is 2.88. The van der Waals surface area contributed by atoms with Crippen molar-refractivity contribution in [3.8, 4) is 5.75 Å². The van der Waals surface area contributed by atoms with Crippen molar-refractivity contribution in [1.82, 2.24) is 15.4 Å². The van der Waals surface area contributed by atoms with Crippen molar-refractivity contribution in [2.45, 2.75) is 13.0 Å². The molecule has 0 saturated heterocycles. The van der Waals surface area contributed by atoms with E-state index in [0.29, 0.717) is 29.3 Å². The van der Waals surface area contributed by atoms with Gasteiger partial charge in [-0.25, -0.2) is 5.43 Å². The van der Waals surface area contributed by atoms with Gasteiger partial charge in [-0.15, -0.1) is 0 Å². The monoisotopic (exact) mass is 392 g/mol. The third-order valence-electron chi connectivity index (χ3n) is 4.35. The zero-order valence-corrected chi connectivity index (χ0v) is 16.4. The lowest BCUT2D eigenvalue weighted by molar-refractivity contribution is -0.118. The summed E-state index contributed by atoms with van der Waals surface area (Å²) in [5.74, 6) is -0.0699. The molecule has 3 N–H and O–H groups in total. The van der Waals surface area contributed by atoms with Crippen molar-refractivity contribution < 1.29 is 14.3 Å². The zero-order valence-electron chi connectivity index (χ0n) is 16.4. The molecule has 29 heavy (non-hydrogen) atoms. The summed E-state index contributed by atoms with van der Waals surface area (Å²) in [4.78, 5) is 25.5. The molecule has 1 heterocycles. The summed E-state index contributed by atoms with van der Waals surface area (Å²) in [6.07, 6.45) is 1.78. The Kier molecular flexibility index (Phi) is 6.65. The molecule has 0 unspecified atom stereocenters. The van der Waals surface area contributed by atoms with Crippen LogP contribution in [0, 0.1) is 0 Å². The second kappa shape index (κ2) is 9.57. The third kappa shape index (κ3) is 5.03. The second-order valence-corrected chi connectivity index (χ2v) is 6.36. The number of aromatic nitrogens is 1. The van der Waals surface area contributed by atoms with Crippen molar-refractivity contribution in [3.05, 3.63) is 84.2 Å². The van der Waals surface area contributed by atoms with E-state index in [-0.39, 0.29) is 11.8 Å². The number of benzene rings is 2. The minimum atomic E-state index is -0.796. The molecule has 0 fully saturated rings. The number of rotatable bonds is 8. The number of nitrogens with one attached hydrogen (secondary N) is 3.